The summed E-state index contributed by atoms with van der Waals surface area (Å²) >= 11 is 0. The number of aryl methyl sites for hydroxylation is 2. The fraction of sp³-hybridized carbons (Fsp3) is 0.478. The van der Waals surface area contributed by atoms with Crippen LogP contribution in [0.2, 0.25) is 0 Å². The van der Waals surface area contributed by atoms with E-state index in [1.165, 1.54) is 11.1 Å². The molecule has 2 heterocycles. The topological polar surface area (TPSA) is 43.2 Å². The molecule has 5 heteroatoms. The zero-order chi connectivity index (χ0) is 20.3. The number of benzene rings is 1. The molecule has 3 aromatic rings. The SMILES string of the molecule is COc1ccc(CCN(Cc2cnc3c(c2)c(C)nn3C)CC(C)(C)C)cc1. The molecule has 0 aliphatic carbocycles. The summed E-state index contributed by atoms with van der Waals surface area (Å²) in [6, 6.07) is 10.6. The maximum Gasteiger partial charge on any atom is 0.157 e. The first kappa shape index (κ1) is 20.3. The van der Waals surface area contributed by atoms with Crippen LogP contribution in [0.5, 0.6) is 5.75 Å². The average Bonchev–Trinajstić information content (AvgIpc) is 2.92. The molecular weight excluding hydrogens is 348 g/mol. The van der Waals surface area contributed by atoms with Crippen LogP contribution < -0.4 is 4.74 Å². The van der Waals surface area contributed by atoms with Crippen LogP contribution in [0, 0.1) is 12.3 Å². The van der Waals surface area contributed by atoms with E-state index >= 15 is 0 Å². The van der Waals surface area contributed by atoms with Gasteiger partial charge in [-0.05, 0) is 48.1 Å². The molecule has 1 aromatic carbocycles. The number of hydrogen-bond donors (Lipinski definition) is 0. The van der Waals surface area contributed by atoms with Gasteiger partial charge in [-0.2, -0.15) is 5.10 Å². The van der Waals surface area contributed by atoms with E-state index in [0.29, 0.717) is 0 Å². The normalized spacial score (nSPS) is 12.1. The van der Waals surface area contributed by atoms with Crippen molar-refractivity contribution in [3.05, 3.63) is 53.3 Å². The molecule has 0 saturated heterocycles. The molecule has 0 aliphatic rings. The molecule has 0 unspecified atom stereocenters. The molecule has 0 N–H and O–H groups in total. The van der Waals surface area contributed by atoms with E-state index in [1.54, 1.807) is 7.11 Å². The molecule has 150 valence electrons. The van der Waals surface area contributed by atoms with Crippen LogP contribution in [-0.2, 0) is 20.0 Å². The van der Waals surface area contributed by atoms with Gasteiger partial charge in [0.1, 0.15) is 5.75 Å². The molecule has 0 saturated carbocycles. The Hall–Kier alpha value is -2.40. The van der Waals surface area contributed by atoms with Crippen LogP contribution >= 0.6 is 0 Å². The Labute approximate surface area is 168 Å². The van der Waals surface area contributed by atoms with Crippen molar-refractivity contribution < 1.29 is 4.74 Å². The van der Waals surface area contributed by atoms with Gasteiger partial charge in [0.25, 0.3) is 0 Å². The Kier molecular flexibility index (Phi) is 6.04. The third-order valence-electron chi connectivity index (χ3n) is 4.90. The number of methoxy groups -OCH3 is 1. The summed E-state index contributed by atoms with van der Waals surface area (Å²) in [4.78, 5) is 7.17. The summed E-state index contributed by atoms with van der Waals surface area (Å²) in [5, 5.41) is 5.63. The maximum atomic E-state index is 5.26. The van der Waals surface area contributed by atoms with Crippen molar-refractivity contribution in [3.8, 4) is 5.75 Å². The number of rotatable bonds is 7. The Balaban J connectivity index is 1.74. The average molecular weight is 381 g/mol. The standard InChI is InChI=1S/C23H32N4O/c1-17-21-13-19(14-24-22(21)26(5)25-17)15-27(16-23(2,3)4)12-11-18-7-9-20(28-6)10-8-18/h7-10,13-14H,11-12,15-16H2,1-6H3. The summed E-state index contributed by atoms with van der Waals surface area (Å²) in [6.07, 6.45) is 3.01. The molecule has 0 atom stereocenters. The zero-order valence-corrected chi connectivity index (χ0v) is 18.0. The van der Waals surface area contributed by atoms with Crippen molar-refractivity contribution in [2.45, 2.75) is 40.7 Å². The first-order chi connectivity index (χ1) is 13.2. The third-order valence-corrected chi connectivity index (χ3v) is 4.90. The minimum absolute atomic E-state index is 0.238. The minimum Gasteiger partial charge on any atom is -0.497 e. The van der Waals surface area contributed by atoms with Gasteiger partial charge in [-0.25, -0.2) is 4.98 Å². The molecule has 28 heavy (non-hydrogen) atoms. The van der Waals surface area contributed by atoms with Gasteiger partial charge in [-0.3, -0.25) is 9.58 Å². The van der Waals surface area contributed by atoms with Gasteiger partial charge < -0.3 is 4.74 Å². The van der Waals surface area contributed by atoms with Gasteiger partial charge in [-0.15, -0.1) is 0 Å². The van der Waals surface area contributed by atoms with Crippen molar-refractivity contribution in [1.82, 2.24) is 19.7 Å². The highest BCUT2D eigenvalue weighted by Gasteiger charge is 2.17. The predicted molar refractivity (Wildman–Crippen MR) is 115 cm³/mol. The fourth-order valence-electron chi connectivity index (χ4n) is 3.66. The van der Waals surface area contributed by atoms with Gasteiger partial charge in [0.15, 0.2) is 5.65 Å². The second-order valence-electron chi connectivity index (χ2n) is 8.79. The van der Waals surface area contributed by atoms with Crippen LogP contribution in [0.3, 0.4) is 0 Å². The fourth-order valence-corrected chi connectivity index (χ4v) is 3.66. The molecule has 0 bridgehead atoms. The van der Waals surface area contributed by atoms with Gasteiger partial charge in [0.2, 0.25) is 0 Å². The van der Waals surface area contributed by atoms with E-state index in [9.17, 15) is 0 Å². The minimum atomic E-state index is 0.238. The molecular formula is C23H32N4O. The van der Waals surface area contributed by atoms with Crippen molar-refractivity contribution >= 4 is 11.0 Å². The van der Waals surface area contributed by atoms with Gasteiger partial charge in [0.05, 0.1) is 12.8 Å². The number of aromatic nitrogens is 3. The maximum absolute atomic E-state index is 5.26. The lowest BCUT2D eigenvalue weighted by Crippen LogP contribution is -2.34. The van der Waals surface area contributed by atoms with Gasteiger partial charge in [-0.1, -0.05) is 32.9 Å². The monoisotopic (exact) mass is 380 g/mol. The molecule has 0 fully saturated rings. The number of ether oxygens (including phenoxy) is 1. The number of nitrogens with zero attached hydrogens (tertiary/aromatic N) is 4. The summed E-state index contributed by atoms with van der Waals surface area (Å²) in [5.74, 6) is 0.904. The Morgan fingerprint density at radius 3 is 2.46 bits per heavy atom. The second-order valence-corrected chi connectivity index (χ2v) is 8.79. The lowest BCUT2D eigenvalue weighted by Gasteiger charge is -2.30. The largest absolute Gasteiger partial charge is 0.497 e. The molecule has 5 nitrogen and oxygen atoms in total. The van der Waals surface area contributed by atoms with E-state index in [2.05, 4.69) is 54.0 Å². The number of fused-ring (bicyclic) bond motifs is 1. The van der Waals surface area contributed by atoms with Crippen molar-refractivity contribution in [1.29, 1.82) is 0 Å². The van der Waals surface area contributed by atoms with E-state index in [4.69, 9.17) is 4.74 Å². The van der Waals surface area contributed by atoms with E-state index in [0.717, 1.165) is 48.5 Å². The smallest absolute Gasteiger partial charge is 0.157 e. The van der Waals surface area contributed by atoms with E-state index in [1.807, 2.05) is 37.0 Å². The summed E-state index contributed by atoms with van der Waals surface area (Å²) < 4.78 is 7.11. The molecule has 0 amide bonds. The highest BCUT2D eigenvalue weighted by atomic mass is 16.5. The molecule has 0 radical (unpaired) electrons. The van der Waals surface area contributed by atoms with Gasteiger partial charge in [0, 0.05) is 38.3 Å². The zero-order valence-electron chi connectivity index (χ0n) is 18.0. The molecule has 2 aromatic heterocycles. The summed E-state index contributed by atoms with van der Waals surface area (Å²) in [5.41, 5.74) is 4.79. The Bertz CT molecular complexity index is 922. The lowest BCUT2D eigenvalue weighted by molar-refractivity contribution is 0.185. The first-order valence-corrected chi connectivity index (χ1v) is 9.89. The van der Waals surface area contributed by atoms with Crippen LogP contribution in [-0.4, -0.2) is 39.9 Å². The lowest BCUT2D eigenvalue weighted by atomic mass is 9.95. The van der Waals surface area contributed by atoms with Crippen molar-refractivity contribution in [2.24, 2.45) is 12.5 Å². The third kappa shape index (κ3) is 5.10. The second kappa shape index (κ2) is 8.31. The van der Waals surface area contributed by atoms with Crippen LogP contribution in [0.25, 0.3) is 11.0 Å². The Morgan fingerprint density at radius 2 is 1.82 bits per heavy atom. The van der Waals surface area contributed by atoms with Gasteiger partial charge >= 0.3 is 0 Å². The summed E-state index contributed by atoms with van der Waals surface area (Å²) in [7, 11) is 3.65. The molecule has 0 spiro atoms. The number of hydrogen-bond acceptors (Lipinski definition) is 4. The number of pyridine rings is 1. The first-order valence-electron chi connectivity index (χ1n) is 9.89. The predicted octanol–water partition coefficient (Wildman–Crippen LogP) is 4.38. The van der Waals surface area contributed by atoms with Crippen LogP contribution in [0.15, 0.2) is 36.5 Å². The van der Waals surface area contributed by atoms with Crippen molar-refractivity contribution in [3.63, 3.8) is 0 Å². The van der Waals surface area contributed by atoms with Crippen LogP contribution in [0.4, 0.5) is 0 Å². The van der Waals surface area contributed by atoms with E-state index in [-0.39, 0.29) is 5.41 Å². The molecule has 0 aliphatic heterocycles. The highest BCUT2D eigenvalue weighted by Crippen LogP contribution is 2.21. The quantitative estimate of drug-likeness (QED) is 0.610. The Morgan fingerprint density at radius 1 is 1.11 bits per heavy atom. The van der Waals surface area contributed by atoms with Crippen LogP contribution in [0.1, 0.15) is 37.6 Å². The van der Waals surface area contributed by atoms with E-state index < -0.39 is 0 Å². The highest BCUT2D eigenvalue weighted by molar-refractivity contribution is 5.78. The molecule has 3 rings (SSSR count). The summed E-state index contributed by atoms with van der Waals surface area (Å²) in [6.45, 7) is 11.9. The van der Waals surface area contributed by atoms with Crippen molar-refractivity contribution in [2.75, 3.05) is 20.2 Å².